The minimum atomic E-state index is -3.39. The highest BCUT2D eigenvalue weighted by molar-refractivity contribution is 7.91. The van der Waals surface area contributed by atoms with Crippen LogP contribution >= 0.6 is 34.3 Å². The van der Waals surface area contributed by atoms with Crippen LogP contribution in [0.5, 0.6) is 0 Å². The molecule has 18 heavy (non-hydrogen) atoms. The fourth-order valence-corrected chi connectivity index (χ4v) is 5.31. The summed E-state index contributed by atoms with van der Waals surface area (Å²) in [4.78, 5) is 1.92. The molecule has 0 amide bonds. The second-order valence-electron chi connectivity index (χ2n) is 3.83. The molecule has 0 N–H and O–H groups in total. The first-order valence-corrected chi connectivity index (χ1v) is 8.61. The first-order chi connectivity index (χ1) is 8.39. The molecule has 0 saturated heterocycles. The lowest BCUT2D eigenvalue weighted by Crippen LogP contribution is -2.25. The minimum Gasteiger partial charge on any atom is -0.206 e. The summed E-state index contributed by atoms with van der Waals surface area (Å²) in [5.74, 6) is 0. The van der Waals surface area contributed by atoms with Gasteiger partial charge in [0.1, 0.15) is 4.21 Å². The maximum Gasteiger partial charge on any atom is 0.252 e. The SMILES string of the molecule is Cc1ccc(S(=O)(=O)N(C)Cc2ccc(Cl)s2)s1. The van der Waals surface area contributed by atoms with Crippen molar-refractivity contribution in [3.63, 3.8) is 0 Å². The fourth-order valence-electron chi connectivity index (χ4n) is 1.45. The van der Waals surface area contributed by atoms with Crippen molar-refractivity contribution in [3.05, 3.63) is 38.4 Å². The molecule has 0 aromatic carbocycles. The molecular formula is C11H12ClNO2S3. The molecule has 2 aromatic heterocycles. The molecule has 0 fully saturated rings. The second kappa shape index (κ2) is 5.30. The molecule has 0 spiro atoms. The Morgan fingerprint density at radius 1 is 1.22 bits per heavy atom. The highest BCUT2D eigenvalue weighted by Crippen LogP contribution is 2.27. The molecule has 2 aromatic rings. The number of halogens is 1. The Morgan fingerprint density at radius 3 is 2.44 bits per heavy atom. The molecule has 0 bridgehead atoms. The summed E-state index contributed by atoms with van der Waals surface area (Å²) in [6.07, 6.45) is 0. The van der Waals surface area contributed by atoms with E-state index in [0.29, 0.717) is 15.1 Å². The average Bonchev–Trinajstić information content (AvgIpc) is 2.88. The van der Waals surface area contributed by atoms with Crippen LogP contribution in [0.3, 0.4) is 0 Å². The maximum atomic E-state index is 12.3. The van der Waals surface area contributed by atoms with Gasteiger partial charge in [-0.3, -0.25) is 0 Å². The van der Waals surface area contributed by atoms with Crippen LogP contribution in [0.1, 0.15) is 9.75 Å². The van der Waals surface area contributed by atoms with Crippen LogP contribution in [-0.4, -0.2) is 19.8 Å². The Labute approximate surface area is 120 Å². The molecule has 7 heteroatoms. The van der Waals surface area contributed by atoms with Crippen LogP contribution in [0.15, 0.2) is 28.5 Å². The number of hydrogen-bond acceptors (Lipinski definition) is 4. The Morgan fingerprint density at radius 2 is 1.94 bits per heavy atom. The Balaban J connectivity index is 2.20. The number of sulfonamides is 1. The molecule has 0 aliphatic carbocycles. The lowest BCUT2D eigenvalue weighted by molar-refractivity contribution is 0.471. The molecule has 0 radical (unpaired) electrons. The van der Waals surface area contributed by atoms with Crippen molar-refractivity contribution in [2.45, 2.75) is 17.7 Å². The van der Waals surface area contributed by atoms with Crippen molar-refractivity contribution in [3.8, 4) is 0 Å². The van der Waals surface area contributed by atoms with Crippen molar-refractivity contribution in [2.75, 3.05) is 7.05 Å². The van der Waals surface area contributed by atoms with E-state index in [1.54, 1.807) is 19.2 Å². The monoisotopic (exact) mass is 321 g/mol. The molecular weight excluding hydrogens is 310 g/mol. The highest BCUT2D eigenvalue weighted by Gasteiger charge is 2.22. The number of hydrogen-bond donors (Lipinski definition) is 0. The van der Waals surface area contributed by atoms with Gasteiger partial charge in [0.05, 0.1) is 4.34 Å². The van der Waals surface area contributed by atoms with Gasteiger partial charge >= 0.3 is 0 Å². The molecule has 0 saturated carbocycles. The van der Waals surface area contributed by atoms with Gasteiger partial charge in [-0.2, -0.15) is 4.31 Å². The van der Waals surface area contributed by atoms with E-state index in [-0.39, 0.29) is 0 Å². The van der Waals surface area contributed by atoms with Crippen molar-refractivity contribution < 1.29 is 8.42 Å². The highest BCUT2D eigenvalue weighted by atomic mass is 35.5. The van der Waals surface area contributed by atoms with Crippen molar-refractivity contribution in [1.29, 1.82) is 0 Å². The van der Waals surface area contributed by atoms with Gasteiger partial charge in [0.25, 0.3) is 10.0 Å². The standard InChI is InChI=1S/C11H12ClNO2S3/c1-8-3-6-11(16-8)18(14,15)13(2)7-9-4-5-10(12)17-9/h3-6H,7H2,1-2H3. The molecule has 0 atom stereocenters. The largest absolute Gasteiger partial charge is 0.252 e. The predicted molar refractivity (Wildman–Crippen MR) is 77.0 cm³/mol. The van der Waals surface area contributed by atoms with Crippen LogP contribution in [0.25, 0.3) is 0 Å². The maximum absolute atomic E-state index is 12.3. The van der Waals surface area contributed by atoms with Crippen LogP contribution < -0.4 is 0 Å². The molecule has 2 heterocycles. The van der Waals surface area contributed by atoms with Crippen LogP contribution in [0, 0.1) is 6.92 Å². The van der Waals surface area contributed by atoms with Crippen LogP contribution in [0.4, 0.5) is 0 Å². The summed E-state index contributed by atoms with van der Waals surface area (Å²) in [5.41, 5.74) is 0. The van der Waals surface area contributed by atoms with Crippen LogP contribution in [-0.2, 0) is 16.6 Å². The summed E-state index contributed by atoms with van der Waals surface area (Å²) in [6, 6.07) is 7.08. The van der Waals surface area contributed by atoms with Gasteiger partial charge in [-0.05, 0) is 31.2 Å². The third kappa shape index (κ3) is 2.95. The second-order valence-corrected chi connectivity index (χ2v) is 9.19. The van der Waals surface area contributed by atoms with E-state index >= 15 is 0 Å². The molecule has 0 aliphatic rings. The van der Waals surface area contributed by atoms with E-state index in [1.165, 1.54) is 27.0 Å². The third-order valence-corrected chi connectivity index (χ3v) is 6.87. The van der Waals surface area contributed by atoms with E-state index in [2.05, 4.69) is 0 Å². The zero-order valence-corrected chi connectivity index (χ0v) is 13.1. The quantitative estimate of drug-likeness (QED) is 0.863. The van der Waals surface area contributed by atoms with Gasteiger partial charge < -0.3 is 0 Å². The molecule has 3 nitrogen and oxygen atoms in total. The zero-order valence-electron chi connectivity index (χ0n) is 9.88. The number of rotatable bonds is 4. The number of nitrogens with zero attached hydrogens (tertiary/aromatic N) is 1. The first kappa shape index (κ1) is 14.0. The van der Waals surface area contributed by atoms with Gasteiger partial charge in [-0.25, -0.2) is 8.42 Å². The lowest BCUT2D eigenvalue weighted by atomic mass is 10.5. The summed E-state index contributed by atoms with van der Waals surface area (Å²) in [7, 11) is -1.81. The van der Waals surface area contributed by atoms with E-state index < -0.39 is 10.0 Å². The normalized spacial score (nSPS) is 12.2. The lowest BCUT2D eigenvalue weighted by Gasteiger charge is -2.14. The molecule has 2 rings (SSSR count). The van der Waals surface area contributed by atoms with Gasteiger partial charge in [-0.15, -0.1) is 22.7 Å². The zero-order chi connectivity index (χ0) is 13.3. The van der Waals surface area contributed by atoms with Crippen molar-refractivity contribution in [2.24, 2.45) is 0 Å². The average molecular weight is 322 g/mol. The molecule has 0 aliphatic heterocycles. The van der Waals surface area contributed by atoms with E-state index in [4.69, 9.17) is 11.6 Å². The summed E-state index contributed by atoms with van der Waals surface area (Å²) < 4.78 is 26.9. The topological polar surface area (TPSA) is 37.4 Å². The first-order valence-electron chi connectivity index (χ1n) is 5.16. The Kier molecular flexibility index (Phi) is 4.13. The Bertz CT molecular complexity index is 645. The van der Waals surface area contributed by atoms with E-state index in [0.717, 1.165) is 9.75 Å². The van der Waals surface area contributed by atoms with Gasteiger partial charge in [-0.1, -0.05) is 11.6 Å². The summed E-state index contributed by atoms with van der Waals surface area (Å²) >= 11 is 8.51. The van der Waals surface area contributed by atoms with E-state index in [9.17, 15) is 8.42 Å². The molecule has 0 unspecified atom stereocenters. The van der Waals surface area contributed by atoms with Gasteiger partial charge in [0.2, 0.25) is 0 Å². The van der Waals surface area contributed by atoms with Gasteiger partial charge in [0, 0.05) is 23.3 Å². The summed E-state index contributed by atoms with van der Waals surface area (Å²) in [5, 5.41) is 0. The smallest absolute Gasteiger partial charge is 0.206 e. The predicted octanol–water partition coefficient (Wildman–Crippen LogP) is 3.59. The third-order valence-electron chi connectivity index (χ3n) is 2.39. The van der Waals surface area contributed by atoms with Crippen molar-refractivity contribution >= 4 is 44.3 Å². The number of aryl methyl sites for hydroxylation is 1. The minimum absolute atomic E-state index is 0.344. The van der Waals surface area contributed by atoms with Crippen LogP contribution in [0.2, 0.25) is 4.34 Å². The molecule has 98 valence electrons. The van der Waals surface area contributed by atoms with Crippen molar-refractivity contribution in [1.82, 2.24) is 4.31 Å². The number of thiophene rings is 2. The van der Waals surface area contributed by atoms with E-state index in [1.807, 2.05) is 19.1 Å². The fraction of sp³-hybridized carbons (Fsp3) is 0.273. The summed E-state index contributed by atoms with van der Waals surface area (Å²) in [6.45, 7) is 2.24. The Hall–Kier alpha value is -0.400. The van der Waals surface area contributed by atoms with Gasteiger partial charge in [0.15, 0.2) is 0 Å².